The molecule has 21 heavy (non-hydrogen) atoms. The van der Waals surface area contributed by atoms with Gasteiger partial charge in [-0.25, -0.2) is 0 Å². The van der Waals surface area contributed by atoms with Crippen molar-refractivity contribution in [2.24, 2.45) is 0 Å². The predicted molar refractivity (Wildman–Crippen MR) is 95.5 cm³/mol. The van der Waals surface area contributed by atoms with Crippen LogP contribution in [-0.2, 0) is 0 Å². The van der Waals surface area contributed by atoms with Crippen LogP contribution in [0.25, 0.3) is 0 Å². The van der Waals surface area contributed by atoms with Gasteiger partial charge in [0.1, 0.15) is 0 Å². The van der Waals surface area contributed by atoms with Crippen LogP contribution in [0.2, 0.25) is 0 Å². The molecule has 0 spiro atoms. The Hall–Kier alpha value is -1.41. The van der Waals surface area contributed by atoms with Gasteiger partial charge in [-0.15, -0.1) is 11.8 Å². The van der Waals surface area contributed by atoms with Gasteiger partial charge in [-0.1, -0.05) is 31.2 Å². The van der Waals surface area contributed by atoms with Crippen LogP contribution in [0.3, 0.4) is 0 Å². The third-order valence-electron chi connectivity index (χ3n) is 3.91. The molecule has 0 fully saturated rings. The molecule has 0 saturated carbocycles. The topological polar surface area (TPSA) is 12.0 Å². The second kappa shape index (κ2) is 7.04. The zero-order chi connectivity index (χ0) is 15.4. The highest BCUT2D eigenvalue weighted by Crippen LogP contribution is 2.31. The van der Waals surface area contributed by atoms with Gasteiger partial charge in [0.2, 0.25) is 0 Å². The van der Waals surface area contributed by atoms with E-state index in [1.54, 1.807) is 0 Å². The molecular formula is C19H25NS. The molecular weight excluding hydrogens is 274 g/mol. The van der Waals surface area contributed by atoms with Crippen LogP contribution < -0.4 is 5.32 Å². The highest BCUT2D eigenvalue weighted by atomic mass is 32.2. The number of benzene rings is 2. The third kappa shape index (κ3) is 3.82. The zero-order valence-corrected chi connectivity index (χ0v) is 14.5. The first-order valence-corrected chi connectivity index (χ1v) is 8.57. The van der Waals surface area contributed by atoms with E-state index in [0.717, 1.165) is 5.75 Å². The molecule has 0 aliphatic rings. The molecule has 0 heterocycles. The van der Waals surface area contributed by atoms with Gasteiger partial charge < -0.3 is 5.32 Å². The number of rotatable bonds is 5. The summed E-state index contributed by atoms with van der Waals surface area (Å²) in [5.74, 6) is 1.09. The minimum Gasteiger partial charge on any atom is -0.378 e. The number of para-hydroxylation sites is 1. The number of hydrogen-bond acceptors (Lipinski definition) is 2. The normalized spacial score (nSPS) is 12.2. The molecule has 112 valence electrons. The average Bonchev–Trinajstić information content (AvgIpc) is 2.45. The van der Waals surface area contributed by atoms with E-state index in [1.807, 2.05) is 11.8 Å². The summed E-state index contributed by atoms with van der Waals surface area (Å²) in [5.41, 5.74) is 6.70. The molecule has 2 aromatic carbocycles. The highest BCUT2D eigenvalue weighted by molar-refractivity contribution is 7.99. The van der Waals surface area contributed by atoms with Crippen LogP contribution >= 0.6 is 11.8 Å². The second-order valence-corrected chi connectivity index (χ2v) is 6.89. The smallest absolute Gasteiger partial charge is 0.0488 e. The molecule has 0 aliphatic heterocycles. The monoisotopic (exact) mass is 299 g/mol. The standard InChI is InChI=1S/C19H25NS/c1-6-21-19-10-8-7-9-18(19)20-16(5)17-12-14(3)13(2)11-15(17)4/h7-12,16,20H,6H2,1-5H3. The van der Waals surface area contributed by atoms with Crippen LogP contribution in [0, 0.1) is 20.8 Å². The fourth-order valence-corrected chi connectivity index (χ4v) is 3.40. The van der Waals surface area contributed by atoms with Crippen molar-refractivity contribution in [3.63, 3.8) is 0 Å². The van der Waals surface area contributed by atoms with Crippen LogP contribution in [0.1, 0.15) is 42.1 Å². The van der Waals surface area contributed by atoms with E-state index in [-0.39, 0.29) is 0 Å². The summed E-state index contributed by atoms with van der Waals surface area (Å²) in [4.78, 5) is 1.33. The Morgan fingerprint density at radius 1 is 1.00 bits per heavy atom. The van der Waals surface area contributed by atoms with Crippen LogP contribution in [0.15, 0.2) is 41.3 Å². The molecule has 0 bridgehead atoms. The lowest BCUT2D eigenvalue weighted by Crippen LogP contribution is -2.09. The van der Waals surface area contributed by atoms with Crippen molar-refractivity contribution < 1.29 is 0 Å². The van der Waals surface area contributed by atoms with Crippen LogP contribution in [0.5, 0.6) is 0 Å². The highest BCUT2D eigenvalue weighted by Gasteiger charge is 2.11. The number of nitrogens with one attached hydrogen (secondary N) is 1. The largest absolute Gasteiger partial charge is 0.378 e. The lowest BCUT2D eigenvalue weighted by Gasteiger charge is -2.21. The molecule has 1 atom stereocenters. The number of hydrogen-bond donors (Lipinski definition) is 1. The summed E-state index contributed by atoms with van der Waals surface area (Å²) in [6.07, 6.45) is 0. The Balaban J connectivity index is 2.26. The second-order valence-electron chi connectivity index (χ2n) is 5.59. The molecule has 2 aromatic rings. The Labute approximate surface area is 133 Å². The maximum absolute atomic E-state index is 3.68. The predicted octanol–water partition coefficient (Wildman–Crippen LogP) is 5.90. The zero-order valence-electron chi connectivity index (χ0n) is 13.7. The van der Waals surface area contributed by atoms with Crippen molar-refractivity contribution >= 4 is 17.4 Å². The van der Waals surface area contributed by atoms with Crippen molar-refractivity contribution in [1.82, 2.24) is 0 Å². The summed E-state index contributed by atoms with van der Waals surface area (Å²) < 4.78 is 0. The van der Waals surface area contributed by atoms with Crippen molar-refractivity contribution in [3.8, 4) is 0 Å². The molecule has 2 heteroatoms. The van der Waals surface area contributed by atoms with Gasteiger partial charge in [0.05, 0.1) is 0 Å². The third-order valence-corrected chi connectivity index (χ3v) is 4.86. The molecule has 0 radical (unpaired) electrons. The molecule has 1 nitrogen and oxygen atoms in total. The Bertz CT molecular complexity index is 619. The molecule has 0 amide bonds. The van der Waals surface area contributed by atoms with E-state index < -0.39 is 0 Å². The first-order valence-electron chi connectivity index (χ1n) is 7.59. The Morgan fingerprint density at radius 3 is 2.38 bits per heavy atom. The molecule has 0 saturated heterocycles. The van der Waals surface area contributed by atoms with Gasteiger partial charge in [-0.3, -0.25) is 0 Å². The van der Waals surface area contributed by atoms with Gasteiger partial charge in [0.15, 0.2) is 0 Å². The quantitative estimate of drug-likeness (QED) is 0.690. The first-order chi connectivity index (χ1) is 10.0. The van der Waals surface area contributed by atoms with Gasteiger partial charge in [-0.2, -0.15) is 0 Å². The maximum atomic E-state index is 3.68. The van der Waals surface area contributed by atoms with E-state index in [1.165, 1.54) is 32.8 Å². The molecule has 0 aliphatic carbocycles. The lowest BCUT2D eigenvalue weighted by atomic mass is 9.96. The summed E-state index contributed by atoms with van der Waals surface area (Å²) in [6.45, 7) is 11.0. The Morgan fingerprint density at radius 2 is 1.67 bits per heavy atom. The summed E-state index contributed by atoms with van der Waals surface area (Å²) in [6, 6.07) is 13.5. The number of anilines is 1. The maximum Gasteiger partial charge on any atom is 0.0488 e. The Kier molecular flexibility index (Phi) is 5.35. The van der Waals surface area contributed by atoms with E-state index in [9.17, 15) is 0 Å². The van der Waals surface area contributed by atoms with Gasteiger partial charge in [0, 0.05) is 16.6 Å². The van der Waals surface area contributed by atoms with Gasteiger partial charge >= 0.3 is 0 Å². The summed E-state index contributed by atoms with van der Waals surface area (Å²) >= 11 is 1.89. The van der Waals surface area contributed by atoms with Gasteiger partial charge in [-0.05, 0) is 67.8 Å². The van der Waals surface area contributed by atoms with E-state index in [0.29, 0.717) is 6.04 Å². The van der Waals surface area contributed by atoms with E-state index >= 15 is 0 Å². The average molecular weight is 299 g/mol. The minimum atomic E-state index is 0.308. The van der Waals surface area contributed by atoms with E-state index in [2.05, 4.69) is 76.3 Å². The minimum absolute atomic E-state index is 0.308. The van der Waals surface area contributed by atoms with Crippen molar-refractivity contribution in [2.75, 3.05) is 11.1 Å². The summed E-state index contributed by atoms with van der Waals surface area (Å²) in [7, 11) is 0. The molecule has 2 rings (SSSR count). The molecule has 1 unspecified atom stereocenters. The SMILES string of the molecule is CCSc1ccccc1NC(C)c1cc(C)c(C)cc1C. The van der Waals surface area contributed by atoms with Crippen LogP contribution in [-0.4, -0.2) is 5.75 Å². The number of thioether (sulfide) groups is 1. The van der Waals surface area contributed by atoms with Crippen LogP contribution in [0.4, 0.5) is 5.69 Å². The fraction of sp³-hybridized carbons (Fsp3) is 0.368. The molecule has 1 N–H and O–H groups in total. The van der Waals surface area contributed by atoms with Gasteiger partial charge in [0.25, 0.3) is 0 Å². The lowest BCUT2D eigenvalue weighted by molar-refractivity contribution is 0.866. The van der Waals surface area contributed by atoms with E-state index in [4.69, 9.17) is 0 Å². The first kappa shape index (κ1) is 16.0. The summed E-state index contributed by atoms with van der Waals surface area (Å²) in [5, 5.41) is 3.68. The molecule has 0 aromatic heterocycles. The van der Waals surface area contributed by atoms with Crippen molar-refractivity contribution in [3.05, 3.63) is 58.7 Å². The van der Waals surface area contributed by atoms with Crippen molar-refractivity contribution in [1.29, 1.82) is 0 Å². The van der Waals surface area contributed by atoms with Crippen molar-refractivity contribution in [2.45, 2.75) is 45.6 Å². The number of aryl methyl sites for hydroxylation is 3. The fourth-order valence-electron chi connectivity index (χ4n) is 2.63.